The second-order valence-electron chi connectivity index (χ2n) is 13.2. The highest BCUT2D eigenvalue weighted by Crippen LogP contribution is 2.42. The summed E-state index contributed by atoms with van der Waals surface area (Å²) in [5, 5.41) is 8.45. The van der Waals surface area contributed by atoms with Gasteiger partial charge < -0.3 is 0 Å². The zero-order valence-electron chi connectivity index (χ0n) is 28.2. The standard InChI is InChI=1S/C49H31N3/c1-2-12-35-30-38(27-24-32(35)11-1)49-43-31-42(39-15-3-4-16-40(39)48(43)41-17-5-6-18-45(41)52-49)34-25-22-33(23-26-34)36-13-9-14-37(29-36)44-20-10-21-47(51-44)46-19-7-8-28-50-46/h1-31H. The zero-order valence-corrected chi connectivity index (χ0v) is 28.2. The van der Waals surface area contributed by atoms with Gasteiger partial charge in [0, 0.05) is 33.5 Å². The fraction of sp³-hybridized carbons (Fsp3) is 0. The van der Waals surface area contributed by atoms with Crippen molar-refractivity contribution in [2.75, 3.05) is 0 Å². The highest BCUT2D eigenvalue weighted by Gasteiger charge is 2.17. The Labute approximate surface area is 301 Å². The summed E-state index contributed by atoms with van der Waals surface area (Å²) in [5.74, 6) is 0. The van der Waals surface area contributed by atoms with E-state index in [-0.39, 0.29) is 0 Å². The van der Waals surface area contributed by atoms with Crippen molar-refractivity contribution in [3.8, 4) is 56.2 Å². The van der Waals surface area contributed by atoms with Gasteiger partial charge in [0.25, 0.3) is 0 Å². The van der Waals surface area contributed by atoms with E-state index in [2.05, 4.69) is 157 Å². The maximum Gasteiger partial charge on any atom is 0.0893 e. The minimum atomic E-state index is 0.863. The van der Waals surface area contributed by atoms with Crippen molar-refractivity contribution in [3.63, 3.8) is 0 Å². The van der Waals surface area contributed by atoms with E-state index >= 15 is 0 Å². The number of para-hydroxylation sites is 1. The summed E-state index contributed by atoms with van der Waals surface area (Å²) in [5.41, 5.74) is 11.5. The topological polar surface area (TPSA) is 38.7 Å². The molecule has 0 saturated heterocycles. The molecule has 0 aliphatic rings. The van der Waals surface area contributed by atoms with Crippen LogP contribution in [0.1, 0.15) is 0 Å². The molecule has 0 N–H and O–H groups in total. The number of pyridine rings is 3. The van der Waals surface area contributed by atoms with Crippen molar-refractivity contribution in [2.24, 2.45) is 0 Å². The smallest absolute Gasteiger partial charge is 0.0893 e. The SMILES string of the molecule is c1ccc(-c2cccc(-c3cccc(-c4ccc(-c5cc6c(-c7ccc8ccccc8c7)nc7ccccc7c6c6ccccc56)cc4)c3)n2)nc1. The Morgan fingerprint density at radius 1 is 0.327 bits per heavy atom. The Bertz CT molecular complexity index is 2950. The second kappa shape index (κ2) is 12.4. The molecule has 0 radical (unpaired) electrons. The lowest BCUT2D eigenvalue weighted by atomic mass is 9.89. The number of aromatic nitrogens is 3. The van der Waals surface area contributed by atoms with Crippen LogP contribution in [0.3, 0.4) is 0 Å². The van der Waals surface area contributed by atoms with Crippen molar-refractivity contribution in [1.82, 2.24) is 15.0 Å². The van der Waals surface area contributed by atoms with Gasteiger partial charge in [-0.05, 0) is 92.3 Å². The van der Waals surface area contributed by atoms with Crippen LogP contribution >= 0.6 is 0 Å². The first-order valence-electron chi connectivity index (χ1n) is 17.6. The third-order valence-corrected chi connectivity index (χ3v) is 10.1. The van der Waals surface area contributed by atoms with Gasteiger partial charge in [0.2, 0.25) is 0 Å². The second-order valence-corrected chi connectivity index (χ2v) is 13.2. The van der Waals surface area contributed by atoms with Gasteiger partial charge in [-0.1, -0.05) is 133 Å². The van der Waals surface area contributed by atoms with Crippen molar-refractivity contribution in [1.29, 1.82) is 0 Å². The molecule has 3 nitrogen and oxygen atoms in total. The number of nitrogens with zero attached hydrogens (tertiary/aromatic N) is 3. The molecule has 3 heterocycles. The van der Waals surface area contributed by atoms with E-state index in [0.717, 1.165) is 55.9 Å². The first-order chi connectivity index (χ1) is 25.8. The first kappa shape index (κ1) is 29.9. The Morgan fingerprint density at radius 3 is 1.87 bits per heavy atom. The van der Waals surface area contributed by atoms with E-state index in [0.29, 0.717) is 0 Å². The Balaban J connectivity index is 1.10. The van der Waals surface area contributed by atoms with Crippen LogP contribution in [0.2, 0.25) is 0 Å². The minimum absolute atomic E-state index is 0.863. The molecule has 3 aromatic heterocycles. The van der Waals surface area contributed by atoms with Gasteiger partial charge in [-0.25, -0.2) is 9.97 Å². The third kappa shape index (κ3) is 5.19. The summed E-state index contributed by atoms with van der Waals surface area (Å²) in [6.45, 7) is 0. The van der Waals surface area contributed by atoms with Crippen LogP contribution in [0.5, 0.6) is 0 Å². The van der Waals surface area contributed by atoms with Gasteiger partial charge in [0.1, 0.15) is 0 Å². The molecule has 7 aromatic carbocycles. The summed E-state index contributed by atoms with van der Waals surface area (Å²) < 4.78 is 0. The summed E-state index contributed by atoms with van der Waals surface area (Å²) >= 11 is 0. The molecular formula is C49H31N3. The van der Waals surface area contributed by atoms with Gasteiger partial charge in [0.05, 0.1) is 28.3 Å². The fourth-order valence-corrected chi connectivity index (χ4v) is 7.56. The maximum atomic E-state index is 5.32. The van der Waals surface area contributed by atoms with Crippen LogP contribution in [0.4, 0.5) is 0 Å². The number of benzene rings is 7. The van der Waals surface area contributed by atoms with Crippen LogP contribution in [-0.2, 0) is 0 Å². The summed E-state index contributed by atoms with van der Waals surface area (Å²) in [4.78, 5) is 14.8. The predicted octanol–water partition coefficient (Wildman–Crippen LogP) is 12.8. The van der Waals surface area contributed by atoms with E-state index in [1.54, 1.807) is 6.20 Å². The van der Waals surface area contributed by atoms with Crippen LogP contribution in [0.15, 0.2) is 188 Å². The summed E-state index contributed by atoms with van der Waals surface area (Å²) in [6, 6.07) is 64.5. The van der Waals surface area contributed by atoms with E-state index in [4.69, 9.17) is 9.97 Å². The highest BCUT2D eigenvalue weighted by atomic mass is 14.8. The number of hydrogen-bond acceptors (Lipinski definition) is 3. The molecule has 0 amide bonds. The first-order valence-corrected chi connectivity index (χ1v) is 17.6. The third-order valence-electron chi connectivity index (χ3n) is 10.1. The molecule has 0 spiro atoms. The molecule has 0 unspecified atom stereocenters. The zero-order chi connectivity index (χ0) is 34.4. The number of fused-ring (bicyclic) bond motifs is 6. The molecule has 10 rings (SSSR count). The van der Waals surface area contributed by atoms with Gasteiger partial charge in [-0.15, -0.1) is 0 Å². The van der Waals surface area contributed by atoms with Crippen LogP contribution in [-0.4, -0.2) is 15.0 Å². The molecule has 242 valence electrons. The molecule has 0 fully saturated rings. The van der Waals surface area contributed by atoms with Crippen molar-refractivity contribution in [3.05, 3.63) is 188 Å². The van der Waals surface area contributed by atoms with Crippen molar-refractivity contribution in [2.45, 2.75) is 0 Å². The van der Waals surface area contributed by atoms with Gasteiger partial charge in [0.15, 0.2) is 0 Å². The molecule has 52 heavy (non-hydrogen) atoms. The molecule has 10 aromatic rings. The highest BCUT2D eigenvalue weighted by molar-refractivity contribution is 6.25. The van der Waals surface area contributed by atoms with Gasteiger partial charge in [-0.2, -0.15) is 0 Å². The van der Waals surface area contributed by atoms with E-state index < -0.39 is 0 Å². The van der Waals surface area contributed by atoms with E-state index in [1.165, 1.54) is 43.4 Å². The molecule has 0 saturated carbocycles. The predicted molar refractivity (Wildman–Crippen MR) is 217 cm³/mol. The Kier molecular flexibility index (Phi) is 7.14. The Morgan fingerprint density at radius 2 is 1.00 bits per heavy atom. The average molecular weight is 662 g/mol. The van der Waals surface area contributed by atoms with Crippen molar-refractivity contribution >= 4 is 43.2 Å². The quantitative estimate of drug-likeness (QED) is 0.172. The lowest BCUT2D eigenvalue weighted by Crippen LogP contribution is -1.93. The minimum Gasteiger partial charge on any atom is -0.255 e. The van der Waals surface area contributed by atoms with Crippen molar-refractivity contribution < 1.29 is 0 Å². The average Bonchev–Trinajstić information content (AvgIpc) is 3.23. The van der Waals surface area contributed by atoms with E-state index in [1.807, 2.05) is 30.3 Å². The maximum absolute atomic E-state index is 5.32. The molecule has 3 heteroatoms. The van der Waals surface area contributed by atoms with Gasteiger partial charge >= 0.3 is 0 Å². The summed E-state index contributed by atoms with van der Waals surface area (Å²) in [6.07, 6.45) is 1.80. The Hall–Kier alpha value is -6.97. The molecular weight excluding hydrogens is 631 g/mol. The molecule has 0 aliphatic carbocycles. The lowest BCUT2D eigenvalue weighted by molar-refractivity contribution is 1.25. The van der Waals surface area contributed by atoms with Gasteiger partial charge in [-0.3, -0.25) is 4.98 Å². The van der Waals surface area contributed by atoms with E-state index in [9.17, 15) is 0 Å². The fourth-order valence-electron chi connectivity index (χ4n) is 7.56. The largest absolute Gasteiger partial charge is 0.255 e. The normalized spacial score (nSPS) is 11.5. The summed E-state index contributed by atoms with van der Waals surface area (Å²) in [7, 11) is 0. The monoisotopic (exact) mass is 661 g/mol. The number of rotatable bonds is 5. The molecule has 0 bridgehead atoms. The molecule has 0 aliphatic heterocycles. The number of hydrogen-bond donors (Lipinski definition) is 0. The molecule has 0 atom stereocenters. The lowest BCUT2D eigenvalue weighted by Gasteiger charge is -2.16. The van der Waals surface area contributed by atoms with Crippen LogP contribution in [0.25, 0.3) is 99.4 Å². The van der Waals surface area contributed by atoms with Crippen LogP contribution in [0, 0.1) is 0 Å². The van der Waals surface area contributed by atoms with Crippen LogP contribution < -0.4 is 0 Å².